The summed E-state index contributed by atoms with van der Waals surface area (Å²) < 4.78 is 8.88. The molecule has 4 aromatic rings. The predicted molar refractivity (Wildman–Crippen MR) is 149 cm³/mol. The zero-order chi connectivity index (χ0) is 25.7. The first-order valence-electron chi connectivity index (χ1n) is 12.8. The molecule has 36 heavy (non-hydrogen) atoms. The maximum Gasteiger partial charge on any atom is 0.260 e. The molecule has 7 heteroatoms. The lowest BCUT2D eigenvalue weighted by atomic mass is 10.0. The molecule has 2 heterocycles. The molecule has 0 unspecified atom stereocenters. The Morgan fingerprint density at radius 3 is 2.56 bits per heavy atom. The maximum absolute atomic E-state index is 13.8. The zero-order valence-electron chi connectivity index (χ0n) is 22.0. The van der Waals surface area contributed by atoms with Gasteiger partial charge in [0.05, 0.1) is 29.1 Å². The Bertz CT molecular complexity index is 1310. The molecule has 0 bridgehead atoms. The Morgan fingerprint density at radius 1 is 1.11 bits per heavy atom. The van der Waals surface area contributed by atoms with Gasteiger partial charge in [-0.1, -0.05) is 57.1 Å². The number of ether oxygens (including phenoxy) is 1. The van der Waals surface area contributed by atoms with E-state index in [1.807, 2.05) is 42.8 Å². The monoisotopic (exact) mass is 504 g/mol. The van der Waals surface area contributed by atoms with Gasteiger partial charge >= 0.3 is 0 Å². The summed E-state index contributed by atoms with van der Waals surface area (Å²) in [5, 5.41) is 5.30. The molecule has 0 saturated heterocycles. The minimum Gasteiger partial charge on any atom is -0.494 e. The van der Waals surface area contributed by atoms with Crippen molar-refractivity contribution in [3.05, 3.63) is 71.0 Å². The van der Waals surface area contributed by atoms with Crippen LogP contribution < -0.4 is 9.64 Å². The van der Waals surface area contributed by atoms with Crippen molar-refractivity contribution in [1.29, 1.82) is 0 Å². The molecule has 0 aliphatic rings. The minimum atomic E-state index is -0.0702. The van der Waals surface area contributed by atoms with Crippen LogP contribution in [0.4, 0.5) is 5.13 Å². The molecule has 1 amide bonds. The van der Waals surface area contributed by atoms with Crippen molar-refractivity contribution in [3.8, 4) is 5.75 Å². The molecular weight excluding hydrogens is 468 g/mol. The van der Waals surface area contributed by atoms with E-state index in [-0.39, 0.29) is 5.91 Å². The van der Waals surface area contributed by atoms with Gasteiger partial charge in [-0.05, 0) is 68.1 Å². The van der Waals surface area contributed by atoms with E-state index in [0.717, 1.165) is 46.6 Å². The van der Waals surface area contributed by atoms with Crippen molar-refractivity contribution in [2.75, 3.05) is 18.1 Å². The first kappa shape index (κ1) is 25.9. The molecule has 6 nitrogen and oxygen atoms in total. The summed E-state index contributed by atoms with van der Waals surface area (Å²) in [5.74, 6) is 1.07. The lowest BCUT2D eigenvalue weighted by molar-refractivity contribution is 0.0985. The van der Waals surface area contributed by atoms with Crippen molar-refractivity contribution >= 4 is 32.6 Å². The number of para-hydroxylation sites is 1. The highest BCUT2D eigenvalue weighted by Gasteiger charge is 2.23. The van der Waals surface area contributed by atoms with Crippen LogP contribution in [0.15, 0.2) is 48.5 Å². The van der Waals surface area contributed by atoms with Crippen molar-refractivity contribution in [3.63, 3.8) is 0 Å². The first-order valence-corrected chi connectivity index (χ1v) is 13.6. The largest absolute Gasteiger partial charge is 0.494 e. The summed E-state index contributed by atoms with van der Waals surface area (Å²) in [4.78, 5) is 20.5. The molecule has 0 saturated carbocycles. The molecule has 0 aliphatic heterocycles. The van der Waals surface area contributed by atoms with Crippen molar-refractivity contribution in [2.24, 2.45) is 0 Å². The number of nitrogens with zero attached hydrogens (tertiary/aromatic N) is 4. The lowest BCUT2D eigenvalue weighted by Crippen LogP contribution is -2.34. The molecule has 0 N–H and O–H groups in total. The Hall–Kier alpha value is -3.19. The number of benzene rings is 2. The highest BCUT2D eigenvalue weighted by Crippen LogP contribution is 2.34. The Labute approximate surface area is 217 Å². The van der Waals surface area contributed by atoms with Crippen molar-refractivity contribution < 1.29 is 9.53 Å². The lowest BCUT2D eigenvalue weighted by Gasteiger charge is -2.20. The number of aryl methyl sites for hydroxylation is 2. The van der Waals surface area contributed by atoms with Crippen LogP contribution in [0.1, 0.15) is 73.3 Å². The first-order chi connectivity index (χ1) is 17.4. The fourth-order valence-electron chi connectivity index (χ4n) is 4.31. The van der Waals surface area contributed by atoms with Crippen LogP contribution in [-0.2, 0) is 6.54 Å². The van der Waals surface area contributed by atoms with E-state index in [9.17, 15) is 4.79 Å². The second-order valence-electron chi connectivity index (χ2n) is 9.53. The van der Waals surface area contributed by atoms with Crippen molar-refractivity contribution in [1.82, 2.24) is 14.8 Å². The number of amides is 1. The Morgan fingerprint density at radius 2 is 1.89 bits per heavy atom. The van der Waals surface area contributed by atoms with Crippen LogP contribution in [0.25, 0.3) is 10.2 Å². The number of thiazole rings is 1. The van der Waals surface area contributed by atoms with Crippen LogP contribution in [0, 0.1) is 13.8 Å². The number of hydrogen-bond donors (Lipinski definition) is 0. The summed E-state index contributed by atoms with van der Waals surface area (Å²) in [7, 11) is 0. The van der Waals surface area contributed by atoms with Crippen LogP contribution in [0.5, 0.6) is 5.75 Å². The summed E-state index contributed by atoms with van der Waals surface area (Å²) in [6, 6.07) is 15.8. The van der Waals surface area contributed by atoms with Crippen LogP contribution in [-0.4, -0.2) is 33.8 Å². The van der Waals surface area contributed by atoms with Crippen LogP contribution in [0.2, 0.25) is 0 Å². The second-order valence-corrected chi connectivity index (χ2v) is 10.5. The van der Waals surface area contributed by atoms with E-state index in [1.54, 1.807) is 16.2 Å². The average molecular weight is 505 g/mol. The van der Waals surface area contributed by atoms with Gasteiger partial charge < -0.3 is 4.74 Å². The molecular formula is C29H36N4O2S. The number of hydrogen-bond acceptors (Lipinski definition) is 5. The number of anilines is 1. The van der Waals surface area contributed by atoms with Gasteiger partial charge in [0.25, 0.3) is 5.91 Å². The molecule has 190 valence electrons. The maximum atomic E-state index is 13.8. The number of aromatic nitrogens is 3. The fraction of sp³-hybridized carbons (Fsp3) is 0.414. The van der Waals surface area contributed by atoms with E-state index >= 15 is 0 Å². The number of fused-ring (bicyclic) bond motifs is 1. The molecule has 4 rings (SSSR count). The van der Waals surface area contributed by atoms with E-state index in [2.05, 4.69) is 50.1 Å². The molecule has 2 aromatic carbocycles. The number of rotatable bonds is 11. The van der Waals surface area contributed by atoms with Crippen LogP contribution in [0.3, 0.4) is 0 Å². The zero-order valence-corrected chi connectivity index (χ0v) is 22.8. The SMILES string of the molecule is CCCCCOc1ccc(C(=O)N(CCn2nc(C)cc2C)c2nc3c(C(C)C)cccc3s2)cc1. The predicted octanol–water partition coefficient (Wildman–Crippen LogP) is 7.15. The quantitative estimate of drug-likeness (QED) is 0.204. The smallest absolute Gasteiger partial charge is 0.260 e. The van der Waals surface area contributed by atoms with E-state index in [0.29, 0.717) is 36.3 Å². The second kappa shape index (κ2) is 11.7. The normalized spacial score (nSPS) is 11.4. The van der Waals surface area contributed by atoms with Crippen LogP contribution >= 0.6 is 11.3 Å². The van der Waals surface area contributed by atoms with Gasteiger partial charge in [0.1, 0.15) is 5.75 Å². The van der Waals surface area contributed by atoms with Gasteiger partial charge in [0.15, 0.2) is 5.13 Å². The highest BCUT2D eigenvalue weighted by atomic mass is 32.1. The van der Waals surface area contributed by atoms with Gasteiger partial charge in [0.2, 0.25) is 0 Å². The standard InChI is InChI=1S/C29H36N4O2S/c1-6-7-8-18-35-24-14-12-23(13-15-24)28(34)32(16-17-33-22(5)19-21(4)31-33)29-30-27-25(20(2)3)10-9-11-26(27)36-29/h9-15,19-20H,6-8,16-18H2,1-5H3. The van der Waals surface area contributed by atoms with Gasteiger partial charge in [-0.3, -0.25) is 14.4 Å². The number of carbonyl (C=O) groups is 1. The molecule has 0 radical (unpaired) electrons. The summed E-state index contributed by atoms with van der Waals surface area (Å²) in [6.45, 7) is 12.3. The van der Waals surface area contributed by atoms with Crippen molar-refractivity contribution in [2.45, 2.75) is 66.3 Å². The summed E-state index contributed by atoms with van der Waals surface area (Å²) >= 11 is 1.56. The van der Waals surface area contributed by atoms with E-state index < -0.39 is 0 Å². The third-order valence-corrected chi connectivity index (χ3v) is 7.34. The molecule has 0 spiro atoms. The highest BCUT2D eigenvalue weighted by molar-refractivity contribution is 7.22. The molecule has 0 fully saturated rings. The number of unbranched alkanes of at least 4 members (excludes halogenated alkanes) is 2. The third-order valence-electron chi connectivity index (χ3n) is 6.29. The summed E-state index contributed by atoms with van der Waals surface area (Å²) in [5.41, 5.74) is 4.85. The third kappa shape index (κ3) is 5.95. The van der Waals surface area contributed by atoms with Gasteiger partial charge in [-0.25, -0.2) is 4.98 Å². The molecule has 0 aliphatic carbocycles. The summed E-state index contributed by atoms with van der Waals surface area (Å²) in [6.07, 6.45) is 3.35. The fourth-order valence-corrected chi connectivity index (χ4v) is 5.34. The minimum absolute atomic E-state index is 0.0702. The van der Waals surface area contributed by atoms with E-state index in [4.69, 9.17) is 9.72 Å². The van der Waals surface area contributed by atoms with E-state index in [1.165, 1.54) is 5.56 Å². The molecule has 0 atom stereocenters. The van der Waals surface area contributed by atoms with Gasteiger partial charge in [-0.15, -0.1) is 0 Å². The van der Waals surface area contributed by atoms with Gasteiger partial charge in [-0.2, -0.15) is 5.10 Å². The Kier molecular flexibility index (Phi) is 8.41. The van der Waals surface area contributed by atoms with Gasteiger partial charge in [0, 0.05) is 17.8 Å². The topological polar surface area (TPSA) is 60.2 Å². The number of carbonyl (C=O) groups excluding carboxylic acids is 1. The average Bonchev–Trinajstić information content (AvgIpc) is 3.44. The Balaban J connectivity index is 1.61. The molecule has 2 aromatic heterocycles.